The first-order valence-electron chi connectivity index (χ1n) is 13.3. The van der Waals surface area contributed by atoms with Crippen LogP contribution in [0.25, 0.3) is 0 Å². The first kappa shape index (κ1) is 27.2. The van der Waals surface area contributed by atoms with Crippen LogP contribution in [0.1, 0.15) is 76.9 Å². The van der Waals surface area contributed by atoms with Crippen molar-refractivity contribution in [2.45, 2.75) is 70.4 Å². The highest BCUT2D eigenvalue weighted by atomic mass is 79.9. The number of rotatable bonds is 8. The van der Waals surface area contributed by atoms with Crippen LogP contribution in [0.4, 0.5) is 5.00 Å². The zero-order chi connectivity index (χ0) is 26.5. The van der Waals surface area contributed by atoms with Gasteiger partial charge in [-0.3, -0.25) is 4.79 Å². The Balaban J connectivity index is 1.38. The van der Waals surface area contributed by atoms with Crippen molar-refractivity contribution in [2.24, 2.45) is 4.99 Å². The Kier molecular flexibility index (Phi) is 9.08. The van der Waals surface area contributed by atoms with E-state index >= 15 is 0 Å². The number of fused-ring (bicyclic) bond motifs is 1. The van der Waals surface area contributed by atoms with E-state index in [9.17, 15) is 4.79 Å². The number of hydrogen-bond donors (Lipinski definition) is 1. The number of benzene rings is 2. The second kappa shape index (κ2) is 12.7. The van der Waals surface area contributed by atoms with E-state index in [1.165, 1.54) is 36.1 Å². The Hall–Kier alpha value is -2.35. The lowest BCUT2D eigenvalue weighted by Gasteiger charge is -2.23. The minimum Gasteiger partial charge on any atom is -0.493 e. The molecule has 1 saturated carbocycles. The molecule has 200 valence electrons. The van der Waals surface area contributed by atoms with Gasteiger partial charge in [0.05, 0.1) is 17.1 Å². The molecule has 38 heavy (non-hydrogen) atoms. The third-order valence-electron chi connectivity index (χ3n) is 7.18. The highest BCUT2D eigenvalue weighted by Gasteiger charge is 2.27. The van der Waals surface area contributed by atoms with E-state index in [2.05, 4.69) is 21.2 Å². The van der Waals surface area contributed by atoms with Crippen LogP contribution in [0.3, 0.4) is 0 Å². The number of hydrogen-bond acceptors (Lipinski definition) is 5. The first-order chi connectivity index (χ1) is 18.5. The van der Waals surface area contributed by atoms with Crippen molar-refractivity contribution in [3.05, 3.63) is 73.0 Å². The summed E-state index contributed by atoms with van der Waals surface area (Å²) in [6, 6.07) is 11.7. The molecule has 1 N–H and O–H groups in total. The number of aryl methyl sites for hydroxylation is 1. The summed E-state index contributed by atoms with van der Waals surface area (Å²) in [6.45, 7) is 0.364. The molecule has 1 heterocycles. The second-order valence-electron chi connectivity index (χ2n) is 9.91. The van der Waals surface area contributed by atoms with Crippen molar-refractivity contribution in [1.82, 2.24) is 5.32 Å². The van der Waals surface area contributed by atoms with Crippen LogP contribution >= 0.6 is 38.9 Å². The summed E-state index contributed by atoms with van der Waals surface area (Å²) in [6.07, 6.45) is 11.8. The Morgan fingerprint density at radius 1 is 1.16 bits per heavy atom. The van der Waals surface area contributed by atoms with E-state index in [1.54, 1.807) is 18.4 Å². The lowest BCUT2D eigenvalue weighted by Crippen LogP contribution is -2.36. The molecular weight excluding hydrogens is 584 g/mol. The molecule has 1 aromatic heterocycles. The molecule has 5 nitrogen and oxygen atoms in total. The van der Waals surface area contributed by atoms with E-state index in [-0.39, 0.29) is 11.9 Å². The Bertz CT molecular complexity index is 1330. The van der Waals surface area contributed by atoms with Crippen molar-refractivity contribution in [3.63, 3.8) is 0 Å². The molecule has 0 atom stereocenters. The second-order valence-corrected chi connectivity index (χ2v) is 12.3. The zero-order valence-corrected chi connectivity index (χ0v) is 24.7. The summed E-state index contributed by atoms with van der Waals surface area (Å²) in [5, 5.41) is 4.78. The molecule has 8 heteroatoms. The Labute approximate surface area is 241 Å². The Morgan fingerprint density at radius 2 is 1.97 bits per heavy atom. The molecule has 5 rings (SSSR count). The summed E-state index contributed by atoms with van der Waals surface area (Å²) in [7, 11) is 1.62. The molecule has 1 fully saturated rings. The molecule has 3 aromatic rings. The largest absolute Gasteiger partial charge is 0.493 e. The van der Waals surface area contributed by atoms with Crippen LogP contribution < -0.4 is 14.8 Å². The molecule has 0 aliphatic heterocycles. The van der Waals surface area contributed by atoms with Crippen LogP contribution in [0.15, 0.2) is 45.9 Å². The van der Waals surface area contributed by atoms with E-state index < -0.39 is 0 Å². The number of amides is 1. The van der Waals surface area contributed by atoms with Crippen molar-refractivity contribution in [3.8, 4) is 11.5 Å². The van der Waals surface area contributed by atoms with E-state index in [4.69, 9.17) is 26.1 Å². The standard InChI is InChI=1S/C30H32BrClN2O3S/c1-36-25-16-20(15-24(31)28(25)37-18-19-8-7-9-21(32)14-19)17-33-30-27(23-12-5-6-13-26(23)38-30)29(35)34-22-10-3-2-4-11-22/h7-9,14-17,22H,2-6,10-13,18H2,1H3,(H,34,35). The normalized spacial score (nSPS) is 15.9. The van der Waals surface area contributed by atoms with Gasteiger partial charge in [0.25, 0.3) is 5.91 Å². The molecule has 2 aliphatic rings. The lowest BCUT2D eigenvalue weighted by atomic mass is 9.93. The van der Waals surface area contributed by atoms with Gasteiger partial charge in [-0.1, -0.05) is 43.0 Å². The summed E-state index contributed by atoms with van der Waals surface area (Å²) >= 11 is 11.4. The average Bonchev–Trinajstić information content (AvgIpc) is 3.30. The molecule has 0 bridgehead atoms. The van der Waals surface area contributed by atoms with Crippen molar-refractivity contribution < 1.29 is 14.3 Å². The van der Waals surface area contributed by atoms with Gasteiger partial charge >= 0.3 is 0 Å². The van der Waals surface area contributed by atoms with Gasteiger partial charge in [0.1, 0.15) is 11.6 Å². The van der Waals surface area contributed by atoms with Gasteiger partial charge in [-0.15, -0.1) is 11.3 Å². The molecule has 0 unspecified atom stereocenters. The number of nitrogens with zero attached hydrogens (tertiary/aromatic N) is 1. The van der Waals surface area contributed by atoms with Crippen LogP contribution in [0, 0.1) is 0 Å². The predicted molar refractivity (Wildman–Crippen MR) is 159 cm³/mol. The number of carbonyl (C=O) groups excluding carboxylic acids is 1. The van der Waals surface area contributed by atoms with E-state index in [0.717, 1.165) is 58.3 Å². The minimum atomic E-state index is 0.0342. The maximum Gasteiger partial charge on any atom is 0.254 e. The fraction of sp³-hybridized carbons (Fsp3) is 0.400. The van der Waals surface area contributed by atoms with Crippen LogP contribution in [0.5, 0.6) is 11.5 Å². The van der Waals surface area contributed by atoms with Crippen LogP contribution in [-0.4, -0.2) is 25.3 Å². The maximum atomic E-state index is 13.5. The minimum absolute atomic E-state index is 0.0342. The number of thiophene rings is 1. The van der Waals surface area contributed by atoms with E-state index in [0.29, 0.717) is 23.1 Å². The summed E-state index contributed by atoms with van der Waals surface area (Å²) in [5.74, 6) is 1.25. The van der Waals surface area contributed by atoms with Crippen LogP contribution in [0.2, 0.25) is 5.02 Å². The molecule has 1 amide bonds. The lowest BCUT2D eigenvalue weighted by molar-refractivity contribution is 0.0927. The van der Waals surface area contributed by atoms with Gasteiger partial charge < -0.3 is 14.8 Å². The molecule has 0 saturated heterocycles. The Morgan fingerprint density at radius 3 is 2.76 bits per heavy atom. The maximum absolute atomic E-state index is 13.5. The predicted octanol–water partition coefficient (Wildman–Crippen LogP) is 8.44. The SMILES string of the molecule is COc1cc(C=Nc2sc3c(c2C(=O)NC2CCCCC2)CCCC3)cc(Br)c1OCc1cccc(Cl)c1. The quantitative estimate of drug-likeness (QED) is 0.259. The van der Waals surface area contributed by atoms with Gasteiger partial charge in [-0.05, 0) is 95.4 Å². The highest BCUT2D eigenvalue weighted by Crippen LogP contribution is 2.41. The molecule has 0 radical (unpaired) electrons. The van der Waals surface area contributed by atoms with Gasteiger partial charge in [-0.2, -0.15) is 0 Å². The first-order valence-corrected chi connectivity index (χ1v) is 15.2. The third kappa shape index (κ3) is 6.44. The number of halogens is 2. The number of carbonyl (C=O) groups is 1. The fourth-order valence-corrected chi connectivity index (χ4v) is 7.27. The molecular formula is C30H32BrClN2O3S. The van der Waals surface area contributed by atoms with Gasteiger partial charge in [0.15, 0.2) is 11.5 Å². The average molecular weight is 616 g/mol. The monoisotopic (exact) mass is 614 g/mol. The highest BCUT2D eigenvalue weighted by molar-refractivity contribution is 9.10. The number of nitrogens with one attached hydrogen (secondary N) is 1. The van der Waals surface area contributed by atoms with E-state index in [1.807, 2.05) is 42.6 Å². The topological polar surface area (TPSA) is 59.9 Å². The van der Waals surface area contributed by atoms with Gasteiger partial charge in [-0.25, -0.2) is 4.99 Å². The summed E-state index contributed by atoms with van der Waals surface area (Å²) in [5.41, 5.74) is 3.80. The van der Waals surface area contributed by atoms with Crippen LogP contribution in [-0.2, 0) is 19.4 Å². The summed E-state index contributed by atoms with van der Waals surface area (Å²) < 4.78 is 12.5. The molecule has 0 spiro atoms. The van der Waals surface area contributed by atoms with Crippen molar-refractivity contribution >= 4 is 56.0 Å². The van der Waals surface area contributed by atoms with Crippen molar-refractivity contribution in [1.29, 1.82) is 0 Å². The van der Waals surface area contributed by atoms with Gasteiger partial charge in [0, 0.05) is 22.2 Å². The number of methoxy groups -OCH3 is 1. The third-order valence-corrected chi connectivity index (χ3v) is 9.20. The fourth-order valence-electron chi connectivity index (χ4n) is 5.25. The smallest absolute Gasteiger partial charge is 0.254 e. The van der Waals surface area contributed by atoms with Gasteiger partial charge in [0.2, 0.25) is 0 Å². The number of aliphatic imine (C=N–C) groups is 1. The molecule has 2 aliphatic carbocycles. The zero-order valence-electron chi connectivity index (χ0n) is 21.5. The number of ether oxygens (including phenoxy) is 2. The summed E-state index contributed by atoms with van der Waals surface area (Å²) in [4.78, 5) is 19.6. The van der Waals surface area contributed by atoms with Crippen molar-refractivity contribution in [2.75, 3.05) is 7.11 Å². The molecule has 2 aromatic carbocycles.